The molecule has 10 heteroatoms. The van der Waals surface area contributed by atoms with Crippen molar-refractivity contribution in [1.29, 1.82) is 0 Å². The molecular weight excluding hydrogens is 420 g/mol. The van der Waals surface area contributed by atoms with E-state index in [4.69, 9.17) is 9.47 Å². The van der Waals surface area contributed by atoms with Gasteiger partial charge in [-0.15, -0.1) is 0 Å². The lowest BCUT2D eigenvalue weighted by Crippen LogP contribution is -2.49. The minimum absolute atomic E-state index is 0.0843. The van der Waals surface area contributed by atoms with Crippen LogP contribution in [0.25, 0.3) is 0 Å². The predicted octanol–water partition coefficient (Wildman–Crippen LogP) is -2.32. The van der Waals surface area contributed by atoms with E-state index in [1.165, 1.54) is 0 Å². The van der Waals surface area contributed by atoms with Gasteiger partial charge in [0.05, 0.1) is 0 Å². The first-order valence-corrected chi connectivity index (χ1v) is 13.2. The second-order valence-corrected chi connectivity index (χ2v) is 9.81. The first-order valence-electron chi connectivity index (χ1n) is 13.2. The van der Waals surface area contributed by atoms with Crippen molar-refractivity contribution in [2.75, 3.05) is 118 Å². The third-order valence-electron chi connectivity index (χ3n) is 6.49. The Kier molecular flexibility index (Phi) is 12.8. The molecule has 0 amide bonds. The van der Waals surface area contributed by atoms with Crippen molar-refractivity contribution in [3.63, 3.8) is 0 Å². The Hall–Kier alpha value is -0.400. The van der Waals surface area contributed by atoms with Crippen LogP contribution < -0.4 is 31.9 Å². The molecule has 194 valence electrons. The molecule has 0 radical (unpaired) electrons. The molecule has 10 nitrogen and oxygen atoms in total. The van der Waals surface area contributed by atoms with E-state index in [1.54, 1.807) is 0 Å². The van der Waals surface area contributed by atoms with Crippen LogP contribution in [0.2, 0.25) is 0 Å². The highest BCUT2D eigenvalue weighted by atomic mass is 16.8. The van der Waals surface area contributed by atoms with Gasteiger partial charge in [-0.05, 0) is 13.8 Å². The SMILES string of the molecule is CC1(C)O[C@@H](CN2CCNCCNCCNCC2)[C@H](CN2CCNCCNCCNCC2)O1. The van der Waals surface area contributed by atoms with Crippen molar-refractivity contribution < 1.29 is 9.47 Å². The summed E-state index contributed by atoms with van der Waals surface area (Å²) >= 11 is 0. The predicted molar refractivity (Wildman–Crippen MR) is 134 cm³/mol. The average molecular weight is 471 g/mol. The van der Waals surface area contributed by atoms with Gasteiger partial charge in [-0.25, -0.2) is 0 Å². The highest BCUT2D eigenvalue weighted by Gasteiger charge is 2.42. The lowest BCUT2D eigenvalue weighted by Gasteiger charge is -2.31. The molecule has 3 aliphatic rings. The summed E-state index contributed by atoms with van der Waals surface area (Å²) < 4.78 is 12.9. The minimum Gasteiger partial charge on any atom is -0.343 e. The van der Waals surface area contributed by atoms with E-state index in [0.717, 1.165) is 118 Å². The summed E-state index contributed by atoms with van der Waals surface area (Å²) in [5.41, 5.74) is 0. The van der Waals surface area contributed by atoms with Crippen molar-refractivity contribution in [2.24, 2.45) is 0 Å². The fourth-order valence-electron chi connectivity index (χ4n) is 4.72. The summed E-state index contributed by atoms with van der Waals surface area (Å²) in [6.45, 7) is 22.2. The molecule has 0 spiro atoms. The molecule has 3 fully saturated rings. The van der Waals surface area contributed by atoms with Crippen molar-refractivity contribution >= 4 is 0 Å². The molecule has 2 atom stereocenters. The van der Waals surface area contributed by atoms with Gasteiger partial charge in [0.2, 0.25) is 0 Å². The van der Waals surface area contributed by atoms with Gasteiger partial charge < -0.3 is 41.4 Å². The van der Waals surface area contributed by atoms with Gasteiger partial charge >= 0.3 is 0 Å². The molecule has 3 rings (SSSR count). The molecule has 0 saturated carbocycles. The molecular formula is C23H50N8O2. The Morgan fingerprint density at radius 2 is 0.788 bits per heavy atom. The molecule has 0 unspecified atom stereocenters. The zero-order valence-corrected chi connectivity index (χ0v) is 21.1. The van der Waals surface area contributed by atoms with E-state index in [0.29, 0.717) is 0 Å². The highest BCUT2D eigenvalue weighted by Crippen LogP contribution is 2.29. The summed E-state index contributed by atoms with van der Waals surface area (Å²) in [5.74, 6) is -0.529. The third-order valence-corrected chi connectivity index (χ3v) is 6.49. The number of nitrogens with one attached hydrogen (secondary N) is 6. The summed E-state index contributed by atoms with van der Waals surface area (Å²) in [7, 11) is 0. The van der Waals surface area contributed by atoms with Crippen molar-refractivity contribution in [2.45, 2.75) is 31.8 Å². The second kappa shape index (κ2) is 15.6. The van der Waals surface area contributed by atoms with Gasteiger partial charge in [0.1, 0.15) is 12.2 Å². The molecule has 0 aromatic carbocycles. The maximum atomic E-state index is 6.43. The van der Waals surface area contributed by atoms with Gasteiger partial charge in [-0.1, -0.05) is 0 Å². The molecule has 0 aliphatic carbocycles. The van der Waals surface area contributed by atoms with E-state index in [-0.39, 0.29) is 12.2 Å². The van der Waals surface area contributed by atoms with Crippen LogP contribution in [-0.4, -0.2) is 146 Å². The monoisotopic (exact) mass is 470 g/mol. The van der Waals surface area contributed by atoms with E-state index in [2.05, 4.69) is 55.5 Å². The fourth-order valence-corrected chi connectivity index (χ4v) is 4.72. The number of nitrogens with zero attached hydrogens (tertiary/aromatic N) is 2. The Balaban J connectivity index is 1.54. The van der Waals surface area contributed by atoms with Crippen LogP contribution in [0.1, 0.15) is 13.8 Å². The van der Waals surface area contributed by atoms with Crippen LogP contribution in [-0.2, 0) is 9.47 Å². The van der Waals surface area contributed by atoms with Crippen molar-refractivity contribution in [3.8, 4) is 0 Å². The van der Waals surface area contributed by atoms with Crippen LogP contribution in [0.5, 0.6) is 0 Å². The Morgan fingerprint density at radius 3 is 1.09 bits per heavy atom. The molecule has 3 aliphatic heterocycles. The summed E-state index contributed by atoms with van der Waals surface area (Å²) in [6.07, 6.45) is 0.169. The van der Waals surface area contributed by atoms with Gasteiger partial charge in [0, 0.05) is 118 Å². The maximum Gasteiger partial charge on any atom is 0.163 e. The fraction of sp³-hybridized carbons (Fsp3) is 1.00. The van der Waals surface area contributed by atoms with Gasteiger partial charge in [0.25, 0.3) is 0 Å². The molecule has 6 N–H and O–H groups in total. The smallest absolute Gasteiger partial charge is 0.163 e. The Morgan fingerprint density at radius 1 is 0.515 bits per heavy atom. The first kappa shape index (κ1) is 27.2. The largest absolute Gasteiger partial charge is 0.343 e. The lowest BCUT2D eigenvalue weighted by molar-refractivity contribution is -0.148. The van der Waals surface area contributed by atoms with E-state index in [1.807, 2.05) is 0 Å². The standard InChI is InChI=1S/C23H50N8O2/c1-23(2)32-21(19-30-15-11-26-7-3-24-4-8-27-12-16-30)22(33-23)20-31-17-13-28-9-5-25-6-10-29-14-18-31/h21-22,24-29H,3-20H2,1-2H3/t21-,22-/m0/s1. The minimum atomic E-state index is -0.529. The van der Waals surface area contributed by atoms with Gasteiger partial charge in [-0.3, -0.25) is 9.80 Å². The molecule has 3 saturated heterocycles. The van der Waals surface area contributed by atoms with Crippen molar-refractivity contribution in [3.05, 3.63) is 0 Å². The summed E-state index contributed by atoms with van der Waals surface area (Å²) in [6, 6.07) is 0. The highest BCUT2D eigenvalue weighted by molar-refractivity contribution is 4.87. The Labute approximate surface area is 201 Å². The molecule has 0 bridgehead atoms. The van der Waals surface area contributed by atoms with E-state index >= 15 is 0 Å². The van der Waals surface area contributed by atoms with E-state index in [9.17, 15) is 0 Å². The Bertz CT molecular complexity index is 447. The first-order chi connectivity index (χ1) is 16.1. The normalized spacial score (nSPS) is 31.1. The van der Waals surface area contributed by atoms with Crippen LogP contribution in [0.3, 0.4) is 0 Å². The van der Waals surface area contributed by atoms with Crippen LogP contribution in [0, 0.1) is 0 Å². The van der Waals surface area contributed by atoms with Crippen molar-refractivity contribution in [1.82, 2.24) is 41.7 Å². The number of rotatable bonds is 4. The topological polar surface area (TPSA) is 97.1 Å². The van der Waals surface area contributed by atoms with Gasteiger partial charge in [-0.2, -0.15) is 0 Å². The van der Waals surface area contributed by atoms with Crippen LogP contribution in [0.15, 0.2) is 0 Å². The third kappa shape index (κ3) is 11.3. The summed E-state index contributed by atoms with van der Waals surface area (Å²) in [4.78, 5) is 5.06. The average Bonchev–Trinajstić information content (AvgIpc) is 3.04. The quantitative estimate of drug-likeness (QED) is 0.269. The van der Waals surface area contributed by atoms with E-state index < -0.39 is 5.79 Å². The zero-order chi connectivity index (χ0) is 23.2. The molecule has 3 heterocycles. The number of ether oxygens (including phenoxy) is 2. The maximum absolute atomic E-state index is 6.43. The number of hydrogen-bond acceptors (Lipinski definition) is 10. The zero-order valence-electron chi connectivity index (χ0n) is 21.1. The molecule has 0 aromatic rings. The van der Waals surface area contributed by atoms with Gasteiger partial charge in [0.15, 0.2) is 5.79 Å². The van der Waals surface area contributed by atoms with Crippen LogP contribution in [0.4, 0.5) is 0 Å². The second-order valence-electron chi connectivity index (χ2n) is 9.81. The number of hydrogen-bond donors (Lipinski definition) is 6. The van der Waals surface area contributed by atoms with Crippen LogP contribution >= 0.6 is 0 Å². The molecule has 0 aromatic heterocycles. The lowest BCUT2D eigenvalue weighted by atomic mass is 10.1. The summed E-state index contributed by atoms with van der Waals surface area (Å²) in [5, 5.41) is 21.2. The molecule has 33 heavy (non-hydrogen) atoms.